The molecule has 0 aliphatic carbocycles. The zero-order valence-electron chi connectivity index (χ0n) is 12.4. The fourth-order valence-corrected chi connectivity index (χ4v) is 2.24. The lowest BCUT2D eigenvalue weighted by atomic mass is 10.2. The summed E-state index contributed by atoms with van der Waals surface area (Å²) in [5.74, 6) is 0.854. The average Bonchev–Trinajstić information content (AvgIpc) is 3.02. The number of anilines is 1. The molecule has 2 heterocycles. The Labute approximate surface area is 142 Å². The second-order valence-corrected chi connectivity index (χ2v) is 5.12. The SMILES string of the molecule is N#Cc1cnn(-c2ccc3ccccc3n2)c1NC(=O)OCCCl. The minimum Gasteiger partial charge on any atom is -0.448 e. The summed E-state index contributed by atoms with van der Waals surface area (Å²) in [5, 5.41) is 16.8. The third-order valence-corrected chi connectivity index (χ3v) is 3.38. The Bertz CT molecular complexity index is 932. The van der Waals surface area contributed by atoms with Gasteiger partial charge in [-0.1, -0.05) is 18.2 Å². The van der Waals surface area contributed by atoms with Crippen molar-refractivity contribution in [3.05, 3.63) is 48.2 Å². The van der Waals surface area contributed by atoms with E-state index in [1.165, 1.54) is 10.9 Å². The van der Waals surface area contributed by atoms with Crippen LogP contribution in [0.15, 0.2) is 42.6 Å². The highest BCUT2D eigenvalue weighted by atomic mass is 35.5. The van der Waals surface area contributed by atoms with Crippen molar-refractivity contribution in [1.29, 1.82) is 5.26 Å². The lowest BCUT2D eigenvalue weighted by Gasteiger charge is -2.09. The molecule has 0 aliphatic heterocycles. The van der Waals surface area contributed by atoms with Crippen LogP contribution in [0, 0.1) is 11.3 Å². The Morgan fingerprint density at radius 2 is 2.17 bits per heavy atom. The number of amides is 1. The van der Waals surface area contributed by atoms with Crippen LogP contribution in [0.2, 0.25) is 0 Å². The van der Waals surface area contributed by atoms with Crippen molar-refractivity contribution < 1.29 is 9.53 Å². The molecule has 8 heteroatoms. The first-order chi connectivity index (χ1) is 11.7. The maximum absolute atomic E-state index is 11.8. The van der Waals surface area contributed by atoms with E-state index >= 15 is 0 Å². The first kappa shape index (κ1) is 15.8. The van der Waals surface area contributed by atoms with Crippen LogP contribution in [0.25, 0.3) is 16.7 Å². The van der Waals surface area contributed by atoms with E-state index in [4.69, 9.17) is 16.3 Å². The number of fused-ring (bicyclic) bond motifs is 1. The Morgan fingerprint density at radius 1 is 1.33 bits per heavy atom. The predicted molar refractivity (Wildman–Crippen MR) is 89.3 cm³/mol. The van der Waals surface area contributed by atoms with Gasteiger partial charge in [-0.15, -0.1) is 11.6 Å². The third-order valence-electron chi connectivity index (χ3n) is 3.22. The molecular weight excluding hydrogens is 330 g/mol. The lowest BCUT2D eigenvalue weighted by Crippen LogP contribution is -2.18. The number of para-hydroxylation sites is 1. The number of nitriles is 1. The largest absolute Gasteiger partial charge is 0.448 e. The number of aromatic nitrogens is 3. The van der Waals surface area contributed by atoms with Crippen molar-refractivity contribution in [2.75, 3.05) is 17.8 Å². The molecule has 0 atom stereocenters. The molecule has 1 amide bonds. The Morgan fingerprint density at radius 3 is 2.96 bits per heavy atom. The van der Waals surface area contributed by atoms with E-state index in [0.29, 0.717) is 5.82 Å². The Kier molecular flexibility index (Phi) is 4.59. The van der Waals surface area contributed by atoms with E-state index in [1.54, 1.807) is 6.07 Å². The molecule has 3 aromatic rings. The number of hydrogen-bond donors (Lipinski definition) is 1. The second kappa shape index (κ2) is 6.98. The topological polar surface area (TPSA) is 92.8 Å². The zero-order chi connectivity index (χ0) is 16.9. The van der Waals surface area contributed by atoms with Crippen molar-refractivity contribution in [2.24, 2.45) is 0 Å². The predicted octanol–water partition coefficient (Wildman–Crippen LogP) is 3.08. The summed E-state index contributed by atoms with van der Waals surface area (Å²) < 4.78 is 6.25. The number of benzene rings is 1. The first-order valence-corrected chi connectivity index (χ1v) is 7.60. The summed E-state index contributed by atoms with van der Waals surface area (Å²) in [5.41, 5.74) is 0.979. The fraction of sp³-hybridized carbons (Fsp3) is 0.125. The van der Waals surface area contributed by atoms with Gasteiger partial charge in [0.05, 0.1) is 17.6 Å². The number of alkyl halides is 1. The van der Waals surface area contributed by atoms with Gasteiger partial charge in [-0.05, 0) is 18.2 Å². The maximum atomic E-state index is 11.8. The highest BCUT2D eigenvalue weighted by Gasteiger charge is 2.16. The normalized spacial score (nSPS) is 10.3. The van der Waals surface area contributed by atoms with Crippen LogP contribution in [-0.4, -0.2) is 33.3 Å². The molecular formula is C16H12ClN5O2. The van der Waals surface area contributed by atoms with Gasteiger partial charge in [0.25, 0.3) is 0 Å². The zero-order valence-corrected chi connectivity index (χ0v) is 13.2. The van der Waals surface area contributed by atoms with Crippen molar-refractivity contribution in [1.82, 2.24) is 14.8 Å². The third kappa shape index (κ3) is 3.14. The van der Waals surface area contributed by atoms with Crippen molar-refractivity contribution >= 4 is 34.4 Å². The molecule has 0 unspecified atom stereocenters. The smallest absolute Gasteiger partial charge is 0.412 e. The van der Waals surface area contributed by atoms with Crippen LogP contribution in [0.1, 0.15) is 5.56 Å². The molecule has 120 valence electrons. The van der Waals surface area contributed by atoms with Crippen molar-refractivity contribution in [3.8, 4) is 11.9 Å². The summed E-state index contributed by atoms with van der Waals surface area (Å²) in [6.45, 7) is 0.0671. The van der Waals surface area contributed by atoms with Crippen molar-refractivity contribution in [2.45, 2.75) is 0 Å². The summed E-state index contributed by atoms with van der Waals surface area (Å²) in [6, 6.07) is 13.2. The fourth-order valence-electron chi connectivity index (χ4n) is 2.16. The van der Waals surface area contributed by atoms with Crippen LogP contribution in [0.4, 0.5) is 10.6 Å². The number of pyridine rings is 1. The van der Waals surface area contributed by atoms with Crippen LogP contribution in [0.5, 0.6) is 0 Å². The van der Waals surface area contributed by atoms with Gasteiger partial charge in [-0.2, -0.15) is 15.0 Å². The van der Waals surface area contributed by atoms with E-state index in [-0.39, 0.29) is 23.9 Å². The van der Waals surface area contributed by atoms with Gasteiger partial charge in [0.1, 0.15) is 18.2 Å². The summed E-state index contributed by atoms with van der Waals surface area (Å²) >= 11 is 5.48. The monoisotopic (exact) mass is 341 g/mol. The van der Waals surface area contributed by atoms with E-state index in [1.807, 2.05) is 36.4 Å². The minimum atomic E-state index is -0.713. The van der Waals surface area contributed by atoms with Gasteiger partial charge in [0, 0.05) is 5.39 Å². The van der Waals surface area contributed by atoms with Gasteiger partial charge in [0.2, 0.25) is 0 Å². The van der Waals surface area contributed by atoms with E-state index in [2.05, 4.69) is 15.4 Å². The molecule has 0 spiro atoms. The number of ether oxygens (including phenoxy) is 1. The lowest BCUT2D eigenvalue weighted by molar-refractivity contribution is 0.168. The number of carbonyl (C=O) groups is 1. The van der Waals surface area contributed by atoms with E-state index in [9.17, 15) is 10.1 Å². The molecule has 7 nitrogen and oxygen atoms in total. The quantitative estimate of drug-likeness (QED) is 0.736. The number of nitrogens with zero attached hydrogens (tertiary/aromatic N) is 4. The molecule has 0 aliphatic rings. The molecule has 3 rings (SSSR count). The summed E-state index contributed by atoms with van der Waals surface area (Å²) in [6.07, 6.45) is 0.642. The summed E-state index contributed by atoms with van der Waals surface area (Å²) in [7, 11) is 0. The second-order valence-electron chi connectivity index (χ2n) is 4.74. The number of nitrogens with one attached hydrogen (secondary N) is 1. The molecule has 24 heavy (non-hydrogen) atoms. The van der Waals surface area contributed by atoms with E-state index < -0.39 is 6.09 Å². The van der Waals surface area contributed by atoms with Gasteiger partial charge < -0.3 is 4.74 Å². The number of carbonyl (C=O) groups excluding carboxylic acids is 1. The van der Waals surface area contributed by atoms with Gasteiger partial charge in [0.15, 0.2) is 11.6 Å². The molecule has 1 N–H and O–H groups in total. The number of rotatable bonds is 4. The van der Waals surface area contributed by atoms with Crippen molar-refractivity contribution in [3.63, 3.8) is 0 Å². The van der Waals surface area contributed by atoms with Crippen LogP contribution >= 0.6 is 11.6 Å². The molecule has 0 bridgehead atoms. The molecule has 2 aromatic heterocycles. The standard InChI is InChI=1S/C16H12ClN5O2/c17-7-8-24-16(23)21-15-12(9-18)10-19-22(15)14-6-5-11-3-1-2-4-13(11)20-14/h1-6,10H,7-8H2,(H,21,23). The molecule has 0 fully saturated rings. The average molecular weight is 342 g/mol. The highest BCUT2D eigenvalue weighted by Crippen LogP contribution is 2.21. The molecule has 1 aromatic carbocycles. The van der Waals surface area contributed by atoms with Gasteiger partial charge in [-0.3, -0.25) is 5.32 Å². The Hall–Kier alpha value is -3.11. The van der Waals surface area contributed by atoms with E-state index in [0.717, 1.165) is 10.9 Å². The number of hydrogen-bond acceptors (Lipinski definition) is 5. The molecule has 0 radical (unpaired) electrons. The summed E-state index contributed by atoms with van der Waals surface area (Å²) in [4.78, 5) is 16.3. The van der Waals surface area contributed by atoms with Crippen LogP contribution in [0.3, 0.4) is 0 Å². The van der Waals surface area contributed by atoms with Crippen LogP contribution in [-0.2, 0) is 4.74 Å². The minimum absolute atomic E-state index is 0.0671. The highest BCUT2D eigenvalue weighted by molar-refractivity contribution is 6.18. The maximum Gasteiger partial charge on any atom is 0.412 e. The van der Waals surface area contributed by atoms with Gasteiger partial charge >= 0.3 is 6.09 Å². The number of halogens is 1. The molecule has 0 saturated carbocycles. The Balaban J connectivity index is 1.99. The molecule has 0 saturated heterocycles. The van der Waals surface area contributed by atoms with Crippen LogP contribution < -0.4 is 5.32 Å². The van der Waals surface area contributed by atoms with Gasteiger partial charge in [-0.25, -0.2) is 9.78 Å². The first-order valence-electron chi connectivity index (χ1n) is 7.07.